The number of sulfonamides is 1. The van der Waals surface area contributed by atoms with E-state index < -0.39 is 42.9 Å². The molecule has 2 aliphatic carbocycles. The number of nitro groups is 1. The van der Waals surface area contributed by atoms with Gasteiger partial charge in [-0.05, 0) is 105 Å². The summed E-state index contributed by atoms with van der Waals surface area (Å²) in [6.45, 7) is 13.5. The number of halogens is 1. The highest BCUT2D eigenvalue weighted by atomic mass is 32.2. The lowest BCUT2D eigenvalue weighted by atomic mass is 9.70. The van der Waals surface area contributed by atoms with Gasteiger partial charge in [0.05, 0.1) is 45.6 Å². The zero-order valence-electron chi connectivity index (χ0n) is 43.5. The molecular weight excluding hydrogens is 996 g/mol. The molecule has 0 radical (unpaired) electrons. The standard InChI is InChI=1S/C56H69FN8O10S/c1-35(2)39-7-4-5-8-40(39)41-9-6-10-46(41)64-33-56(34-64)17-19-63(20-18-56)37-11-12-42(48(27-37)75-50-30-43-44(57)31-58-52(43)60-54(50)73-26-23-62-21-24-72-25-22-62)53(66)61-76(70,71)38-28-47(65(68)69)51-49(29-38)74-32-45(59-51)36-13-15-55(3,67)16-14-36/h4-5,7-8,11-12,27-31,35-36,41,45-46,59,67H,6,9-10,13-26,32-34H2,1-3H3,(H,58,60)(H,61,66)/t36?,41-,45-,46-,55?/m1/s1. The van der Waals surface area contributed by atoms with Crippen LogP contribution in [0.15, 0.2) is 71.8 Å². The van der Waals surface area contributed by atoms with Gasteiger partial charge in [0.15, 0.2) is 17.2 Å². The molecule has 6 aliphatic rings. The number of piperidine rings is 1. The number of carbonyl (C=O) groups excluding carboxylic acids is 1. The molecule has 3 saturated heterocycles. The molecule has 5 fully saturated rings. The van der Waals surface area contributed by atoms with Gasteiger partial charge in [-0.15, -0.1) is 0 Å². The number of morpholine rings is 1. The maximum Gasteiger partial charge on any atom is 0.297 e. The monoisotopic (exact) mass is 1060 g/mol. The first-order valence-corrected chi connectivity index (χ1v) is 28.5. The molecule has 20 heteroatoms. The zero-order valence-corrected chi connectivity index (χ0v) is 44.3. The van der Waals surface area contributed by atoms with Gasteiger partial charge in [-0.3, -0.25) is 24.7 Å². The predicted octanol–water partition coefficient (Wildman–Crippen LogP) is 8.71. The van der Waals surface area contributed by atoms with Crippen molar-refractivity contribution >= 4 is 44.0 Å². The van der Waals surface area contributed by atoms with Crippen LogP contribution in [0.5, 0.6) is 23.1 Å². The topological polar surface area (TPSA) is 214 Å². The number of hydrogen-bond acceptors (Lipinski definition) is 15. The first kappa shape index (κ1) is 52.0. The van der Waals surface area contributed by atoms with Crippen LogP contribution in [0.2, 0.25) is 0 Å². The Labute approximate surface area is 442 Å². The molecule has 406 valence electrons. The van der Waals surface area contributed by atoms with Crippen LogP contribution in [0.4, 0.5) is 21.5 Å². The van der Waals surface area contributed by atoms with Crippen LogP contribution in [0.1, 0.15) is 112 Å². The number of likely N-dealkylation sites (tertiary alicyclic amines) is 1. The summed E-state index contributed by atoms with van der Waals surface area (Å²) in [6.07, 6.45) is 9.28. The number of nitro benzene ring substituents is 1. The molecule has 1 amide bonds. The molecule has 5 aromatic rings. The lowest BCUT2D eigenvalue weighted by molar-refractivity contribution is -0.384. The Balaban J connectivity index is 0.848. The Morgan fingerprint density at radius 2 is 1.76 bits per heavy atom. The zero-order chi connectivity index (χ0) is 52.9. The number of aromatic nitrogens is 2. The number of pyridine rings is 1. The number of carbonyl (C=O) groups is 1. The summed E-state index contributed by atoms with van der Waals surface area (Å²) in [5.41, 5.74) is 2.68. The van der Waals surface area contributed by atoms with E-state index in [1.165, 1.54) is 54.8 Å². The maximum atomic E-state index is 15.2. The minimum absolute atomic E-state index is 0.00213. The summed E-state index contributed by atoms with van der Waals surface area (Å²) in [4.78, 5) is 40.3. The number of H-pyrrole nitrogens is 1. The summed E-state index contributed by atoms with van der Waals surface area (Å²) in [5.74, 6) is -0.617. The molecule has 4 N–H and O–H groups in total. The van der Waals surface area contributed by atoms with Crippen LogP contribution in [0, 0.1) is 27.3 Å². The number of anilines is 2. The fourth-order valence-electron chi connectivity index (χ4n) is 12.8. The third-order valence-electron chi connectivity index (χ3n) is 17.2. The van der Waals surface area contributed by atoms with E-state index in [4.69, 9.17) is 18.9 Å². The Morgan fingerprint density at radius 3 is 2.51 bits per heavy atom. The Hall–Kier alpha value is -6.06. The van der Waals surface area contributed by atoms with Gasteiger partial charge >= 0.3 is 0 Å². The van der Waals surface area contributed by atoms with E-state index in [-0.39, 0.29) is 76.0 Å². The van der Waals surface area contributed by atoms with Crippen LogP contribution in [-0.4, -0.2) is 134 Å². The summed E-state index contributed by atoms with van der Waals surface area (Å²) in [6, 6.07) is 17.6. The van der Waals surface area contributed by atoms with Gasteiger partial charge in [-0.25, -0.2) is 17.5 Å². The van der Waals surface area contributed by atoms with Crippen LogP contribution < -0.4 is 29.1 Å². The summed E-state index contributed by atoms with van der Waals surface area (Å²) < 4.78 is 70.1. The van der Waals surface area contributed by atoms with Gasteiger partial charge in [0.1, 0.15) is 30.4 Å². The number of nitrogens with zero attached hydrogens (tertiary/aromatic N) is 5. The fourth-order valence-corrected chi connectivity index (χ4v) is 13.8. The smallest absolute Gasteiger partial charge is 0.297 e. The normalized spacial score (nSPS) is 24.9. The number of aromatic amines is 1. The molecule has 0 bridgehead atoms. The molecule has 0 unspecified atom stereocenters. The first-order chi connectivity index (χ1) is 36.5. The number of rotatable bonds is 15. The van der Waals surface area contributed by atoms with Crippen LogP contribution >= 0.6 is 0 Å². The van der Waals surface area contributed by atoms with Crippen molar-refractivity contribution in [3.05, 3.63) is 99.5 Å². The second-order valence-electron chi connectivity index (χ2n) is 22.6. The van der Waals surface area contributed by atoms with Gasteiger partial charge in [0, 0.05) is 88.0 Å². The van der Waals surface area contributed by atoms with Crippen molar-refractivity contribution in [2.75, 3.05) is 82.5 Å². The number of benzene rings is 3. The highest BCUT2D eigenvalue weighted by molar-refractivity contribution is 7.90. The Bertz CT molecular complexity index is 3080. The van der Waals surface area contributed by atoms with E-state index in [9.17, 15) is 28.4 Å². The van der Waals surface area contributed by atoms with E-state index in [1.54, 1.807) is 19.1 Å². The van der Waals surface area contributed by atoms with Crippen molar-refractivity contribution in [2.24, 2.45) is 11.3 Å². The van der Waals surface area contributed by atoms with Crippen molar-refractivity contribution in [2.45, 2.75) is 113 Å². The van der Waals surface area contributed by atoms with E-state index in [2.05, 4.69) is 72.8 Å². The fraction of sp³-hybridized carbons (Fsp3) is 0.536. The minimum Gasteiger partial charge on any atom is -0.489 e. The highest BCUT2D eigenvalue weighted by Gasteiger charge is 2.50. The molecule has 18 nitrogen and oxygen atoms in total. The molecule has 76 heavy (non-hydrogen) atoms. The minimum atomic E-state index is -4.78. The molecule has 6 heterocycles. The van der Waals surface area contributed by atoms with Gasteiger partial charge in [-0.1, -0.05) is 44.5 Å². The quantitative estimate of drug-likeness (QED) is 0.0570. The molecule has 4 aliphatic heterocycles. The van der Waals surface area contributed by atoms with E-state index in [0.717, 1.165) is 63.9 Å². The Kier molecular flexibility index (Phi) is 14.4. The number of hydrogen-bond donors (Lipinski definition) is 4. The molecule has 3 aromatic carbocycles. The summed E-state index contributed by atoms with van der Waals surface area (Å²) >= 11 is 0. The van der Waals surface area contributed by atoms with E-state index in [0.29, 0.717) is 63.3 Å². The van der Waals surface area contributed by atoms with Crippen molar-refractivity contribution in [1.29, 1.82) is 0 Å². The number of ether oxygens (including phenoxy) is 4. The molecule has 2 saturated carbocycles. The second kappa shape index (κ2) is 21.1. The van der Waals surface area contributed by atoms with Gasteiger partial charge in [0.25, 0.3) is 27.5 Å². The molecular formula is C56H69FN8O10S. The van der Waals surface area contributed by atoms with Gasteiger partial charge < -0.3 is 39.3 Å². The van der Waals surface area contributed by atoms with Gasteiger partial charge in [-0.2, -0.15) is 4.98 Å². The lowest BCUT2D eigenvalue weighted by Crippen LogP contribution is -2.63. The average molecular weight is 1070 g/mol. The van der Waals surface area contributed by atoms with Crippen LogP contribution in [0.3, 0.4) is 0 Å². The second-order valence-corrected chi connectivity index (χ2v) is 24.3. The van der Waals surface area contributed by atoms with Gasteiger partial charge in [0.2, 0.25) is 0 Å². The summed E-state index contributed by atoms with van der Waals surface area (Å²) in [5, 5.41) is 26.4. The number of nitrogens with one attached hydrogen (secondary N) is 3. The highest BCUT2D eigenvalue weighted by Crippen LogP contribution is 2.50. The van der Waals surface area contributed by atoms with Crippen molar-refractivity contribution < 1.29 is 46.6 Å². The average Bonchev–Trinajstić information content (AvgIpc) is 4.07. The van der Waals surface area contributed by atoms with Crippen molar-refractivity contribution in [1.82, 2.24) is 24.5 Å². The van der Waals surface area contributed by atoms with Crippen LogP contribution in [-0.2, 0) is 14.8 Å². The third-order valence-corrected chi connectivity index (χ3v) is 18.5. The third kappa shape index (κ3) is 10.7. The maximum absolute atomic E-state index is 15.2. The van der Waals surface area contributed by atoms with E-state index in [1.807, 2.05) is 0 Å². The number of aliphatic hydroxyl groups is 1. The SMILES string of the molecule is CC(C)c1ccccc1[C@H]1CCC[C@H]1N1CC2(CCN(c3ccc(C(=O)NS(=O)(=O)c4cc5c(c([N+](=O)[O-])c4)N[C@@H](C4CCC(C)(O)CC4)CO5)c(Oc4cc5c(F)c[nH]c5nc4OCCN4CCOCC4)c3)CC2)C1. The van der Waals surface area contributed by atoms with Crippen molar-refractivity contribution in [3.63, 3.8) is 0 Å². The first-order valence-electron chi connectivity index (χ1n) is 27.0. The number of amides is 1. The van der Waals surface area contributed by atoms with Crippen molar-refractivity contribution in [3.8, 4) is 23.1 Å². The summed E-state index contributed by atoms with van der Waals surface area (Å²) in [7, 11) is -4.78. The lowest BCUT2D eigenvalue weighted by Gasteiger charge is -2.57. The van der Waals surface area contributed by atoms with E-state index >= 15 is 4.39 Å². The predicted molar refractivity (Wildman–Crippen MR) is 285 cm³/mol. The largest absolute Gasteiger partial charge is 0.489 e. The molecule has 1 spiro atoms. The molecule has 11 rings (SSSR count). The van der Waals surface area contributed by atoms with Crippen LogP contribution in [0.25, 0.3) is 11.0 Å². The Morgan fingerprint density at radius 1 is 1.00 bits per heavy atom. The molecule has 2 aromatic heterocycles. The number of fused-ring (bicyclic) bond motifs is 2. The molecule has 3 atom stereocenters.